The fraction of sp³-hybridized carbons (Fsp3) is 0.0909. The first-order valence-corrected chi connectivity index (χ1v) is 9.17. The zero-order valence-electron chi connectivity index (χ0n) is 13.7. The molecule has 0 fully saturated rings. The van der Waals surface area contributed by atoms with Crippen LogP contribution in [0.5, 0.6) is 0 Å². The highest BCUT2D eigenvalue weighted by Gasteiger charge is 2.16. The lowest BCUT2D eigenvalue weighted by atomic mass is 10.2. The molecule has 0 radical (unpaired) electrons. The van der Waals surface area contributed by atoms with E-state index in [2.05, 4.69) is 93.2 Å². The zero-order chi connectivity index (χ0) is 16.2. The molecule has 1 heteroatoms. The standard InChI is InChI=1S/C22H21P/c1-4-19-6-5-7-22(16-19)23(20-12-8-17(2)9-13-20)21-14-10-18(3)11-15-21/h4-16H,1H2,2-3H3. The van der Waals surface area contributed by atoms with Crippen molar-refractivity contribution in [2.45, 2.75) is 13.8 Å². The van der Waals surface area contributed by atoms with Crippen LogP contribution in [-0.4, -0.2) is 0 Å². The Kier molecular flexibility index (Phi) is 4.74. The number of hydrogen-bond acceptors (Lipinski definition) is 0. The van der Waals surface area contributed by atoms with Gasteiger partial charge in [-0.2, -0.15) is 0 Å². The minimum Gasteiger partial charge on any atom is -0.0985 e. The molecule has 114 valence electrons. The molecular weight excluding hydrogens is 295 g/mol. The van der Waals surface area contributed by atoms with Crippen molar-refractivity contribution >= 4 is 29.9 Å². The number of benzene rings is 3. The van der Waals surface area contributed by atoms with Crippen LogP contribution in [0.15, 0.2) is 79.4 Å². The van der Waals surface area contributed by atoms with E-state index in [1.54, 1.807) is 0 Å². The Morgan fingerprint density at radius 2 is 1.22 bits per heavy atom. The van der Waals surface area contributed by atoms with Crippen LogP contribution in [0, 0.1) is 13.8 Å². The lowest BCUT2D eigenvalue weighted by molar-refractivity contribution is 1.49. The molecule has 0 atom stereocenters. The number of hydrogen-bond donors (Lipinski definition) is 0. The Morgan fingerprint density at radius 1 is 0.696 bits per heavy atom. The summed E-state index contributed by atoms with van der Waals surface area (Å²) in [6.07, 6.45) is 1.92. The fourth-order valence-electron chi connectivity index (χ4n) is 2.63. The van der Waals surface area contributed by atoms with E-state index >= 15 is 0 Å². The molecule has 0 unspecified atom stereocenters. The average molecular weight is 316 g/mol. The Balaban J connectivity index is 2.14. The summed E-state index contributed by atoms with van der Waals surface area (Å²) in [6, 6.07) is 26.6. The van der Waals surface area contributed by atoms with Gasteiger partial charge in [-0.3, -0.25) is 0 Å². The summed E-state index contributed by atoms with van der Waals surface area (Å²) in [4.78, 5) is 0. The second-order valence-electron chi connectivity index (χ2n) is 5.81. The normalized spacial score (nSPS) is 10.7. The van der Waals surface area contributed by atoms with E-state index < -0.39 is 7.92 Å². The van der Waals surface area contributed by atoms with E-state index in [9.17, 15) is 0 Å². The Bertz CT molecular complexity index is 753. The molecule has 0 amide bonds. The van der Waals surface area contributed by atoms with E-state index in [1.807, 2.05) is 6.08 Å². The van der Waals surface area contributed by atoms with Crippen molar-refractivity contribution < 1.29 is 0 Å². The predicted octanol–water partition coefficient (Wildman–Crippen LogP) is 4.70. The third kappa shape index (κ3) is 3.60. The minimum atomic E-state index is -0.540. The van der Waals surface area contributed by atoms with Crippen LogP contribution in [0.2, 0.25) is 0 Å². The van der Waals surface area contributed by atoms with Gasteiger partial charge in [-0.15, -0.1) is 0 Å². The highest BCUT2D eigenvalue weighted by Crippen LogP contribution is 2.33. The molecule has 0 aliphatic rings. The lowest BCUT2D eigenvalue weighted by Gasteiger charge is -2.20. The van der Waals surface area contributed by atoms with E-state index in [-0.39, 0.29) is 0 Å². The molecule has 0 saturated carbocycles. The first-order chi connectivity index (χ1) is 11.2. The van der Waals surface area contributed by atoms with Gasteiger partial charge in [0.1, 0.15) is 0 Å². The Hall–Kier alpha value is -2.17. The maximum absolute atomic E-state index is 3.91. The molecule has 23 heavy (non-hydrogen) atoms. The molecule has 0 N–H and O–H groups in total. The second kappa shape index (κ2) is 6.94. The van der Waals surface area contributed by atoms with Crippen molar-refractivity contribution in [3.05, 3.63) is 96.1 Å². The Morgan fingerprint density at radius 3 is 1.70 bits per heavy atom. The van der Waals surface area contributed by atoms with Gasteiger partial charge >= 0.3 is 0 Å². The van der Waals surface area contributed by atoms with Gasteiger partial charge in [0.25, 0.3) is 0 Å². The van der Waals surface area contributed by atoms with Gasteiger partial charge in [-0.25, -0.2) is 0 Å². The molecule has 3 rings (SSSR count). The molecule has 3 aromatic rings. The summed E-state index contributed by atoms with van der Waals surface area (Å²) >= 11 is 0. The summed E-state index contributed by atoms with van der Waals surface area (Å²) in [5, 5.41) is 4.14. The monoisotopic (exact) mass is 316 g/mol. The lowest BCUT2D eigenvalue weighted by Crippen LogP contribution is -2.20. The van der Waals surface area contributed by atoms with Gasteiger partial charge < -0.3 is 0 Å². The van der Waals surface area contributed by atoms with Crippen LogP contribution in [-0.2, 0) is 0 Å². The summed E-state index contributed by atoms with van der Waals surface area (Å²) in [5.41, 5.74) is 3.77. The average Bonchev–Trinajstić information content (AvgIpc) is 2.59. The SMILES string of the molecule is C=Cc1cccc(P(c2ccc(C)cc2)c2ccc(C)cc2)c1. The molecule has 0 bridgehead atoms. The van der Waals surface area contributed by atoms with Crippen LogP contribution < -0.4 is 15.9 Å². The highest BCUT2D eigenvalue weighted by atomic mass is 31.1. The molecule has 0 spiro atoms. The van der Waals surface area contributed by atoms with Crippen molar-refractivity contribution in [2.24, 2.45) is 0 Å². The van der Waals surface area contributed by atoms with Crippen molar-refractivity contribution in [2.75, 3.05) is 0 Å². The van der Waals surface area contributed by atoms with Crippen LogP contribution in [0.25, 0.3) is 6.08 Å². The van der Waals surface area contributed by atoms with Crippen LogP contribution in [0.1, 0.15) is 16.7 Å². The second-order valence-corrected chi connectivity index (χ2v) is 8.03. The summed E-state index contributed by atoms with van der Waals surface area (Å²) in [7, 11) is -0.540. The van der Waals surface area contributed by atoms with Gasteiger partial charge in [0, 0.05) is 0 Å². The molecule has 0 saturated heterocycles. The van der Waals surface area contributed by atoms with E-state index in [0.717, 1.165) is 0 Å². The topological polar surface area (TPSA) is 0 Å². The Labute approximate surface area is 140 Å². The van der Waals surface area contributed by atoms with E-state index in [0.29, 0.717) is 0 Å². The van der Waals surface area contributed by atoms with Gasteiger partial charge in [0.2, 0.25) is 0 Å². The molecule has 0 heterocycles. The highest BCUT2D eigenvalue weighted by molar-refractivity contribution is 7.79. The van der Waals surface area contributed by atoms with Crippen LogP contribution in [0.3, 0.4) is 0 Å². The van der Waals surface area contributed by atoms with Crippen molar-refractivity contribution in [1.29, 1.82) is 0 Å². The molecule has 0 aliphatic carbocycles. The third-order valence-corrected chi connectivity index (χ3v) is 6.37. The minimum absolute atomic E-state index is 0.540. The first-order valence-electron chi connectivity index (χ1n) is 7.83. The van der Waals surface area contributed by atoms with Gasteiger partial charge in [-0.1, -0.05) is 90.5 Å². The summed E-state index contributed by atoms with van der Waals surface area (Å²) in [5.74, 6) is 0. The molecule has 0 aromatic heterocycles. The van der Waals surface area contributed by atoms with Gasteiger partial charge in [0.05, 0.1) is 0 Å². The number of rotatable bonds is 4. The maximum Gasteiger partial charge on any atom is -0.0134 e. The quantitative estimate of drug-likeness (QED) is 0.612. The number of aryl methyl sites for hydroxylation is 2. The van der Waals surface area contributed by atoms with Gasteiger partial charge in [0.15, 0.2) is 0 Å². The smallest absolute Gasteiger partial charge is 0.0134 e. The van der Waals surface area contributed by atoms with Crippen LogP contribution >= 0.6 is 7.92 Å². The third-order valence-electron chi connectivity index (χ3n) is 3.95. The summed E-state index contributed by atoms with van der Waals surface area (Å²) < 4.78 is 0. The molecular formula is C22H21P. The fourth-order valence-corrected chi connectivity index (χ4v) is 4.93. The van der Waals surface area contributed by atoms with Crippen LogP contribution in [0.4, 0.5) is 0 Å². The zero-order valence-corrected chi connectivity index (χ0v) is 14.6. The molecule has 0 nitrogen and oxygen atoms in total. The predicted molar refractivity (Wildman–Crippen MR) is 105 cm³/mol. The van der Waals surface area contributed by atoms with E-state index in [1.165, 1.54) is 32.6 Å². The first kappa shape index (κ1) is 15.7. The molecule has 3 aromatic carbocycles. The summed E-state index contributed by atoms with van der Waals surface area (Å²) in [6.45, 7) is 8.18. The van der Waals surface area contributed by atoms with Gasteiger partial charge in [-0.05, 0) is 49.3 Å². The maximum atomic E-state index is 3.91. The van der Waals surface area contributed by atoms with E-state index in [4.69, 9.17) is 0 Å². The molecule has 0 aliphatic heterocycles. The van der Waals surface area contributed by atoms with Crippen molar-refractivity contribution in [1.82, 2.24) is 0 Å². The van der Waals surface area contributed by atoms with Crippen molar-refractivity contribution in [3.8, 4) is 0 Å². The van der Waals surface area contributed by atoms with Crippen molar-refractivity contribution in [3.63, 3.8) is 0 Å². The largest absolute Gasteiger partial charge is 0.0985 e.